The van der Waals surface area contributed by atoms with Gasteiger partial charge in [0.15, 0.2) is 17.5 Å². The minimum atomic E-state index is -1.57. The molecule has 0 radical (unpaired) electrons. The number of nitrogens with zero attached hydrogens (tertiary/aromatic N) is 2. The Morgan fingerprint density at radius 1 is 1.17 bits per heavy atom. The van der Waals surface area contributed by atoms with E-state index >= 15 is 0 Å². The summed E-state index contributed by atoms with van der Waals surface area (Å²) >= 11 is 0. The van der Waals surface area contributed by atoms with Crippen LogP contribution in [0.2, 0.25) is 0 Å². The summed E-state index contributed by atoms with van der Waals surface area (Å²) in [5.41, 5.74) is 3.03. The number of anilines is 1. The number of carbonyl (C=O) groups excluding carboxylic acids is 2. The van der Waals surface area contributed by atoms with Gasteiger partial charge in [-0.3, -0.25) is 14.5 Å². The third-order valence-corrected chi connectivity index (χ3v) is 5.77. The molecule has 0 saturated carbocycles. The third-order valence-electron chi connectivity index (χ3n) is 5.77. The second-order valence-corrected chi connectivity index (χ2v) is 7.55. The van der Waals surface area contributed by atoms with Crippen LogP contribution in [0.15, 0.2) is 47.8 Å². The lowest BCUT2D eigenvalue weighted by molar-refractivity contribution is -0.139. The lowest BCUT2D eigenvalue weighted by Gasteiger charge is -2.19. The van der Waals surface area contributed by atoms with Crippen LogP contribution in [0.4, 0.5) is 18.9 Å². The van der Waals surface area contributed by atoms with E-state index in [9.17, 15) is 22.8 Å². The van der Waals surface area contributed by atoms with E-state index in [0.29, 0.717) is 11.3 Å². The van der Waals surface area contributed by atoms with Crippen molar-refractivity contribution >= 4 is 28.4 Å². The highest BCUT2D eigenvalue weighted by molar-refractivity contribution is 6.11. The molecule has 0 saturated heterocycles. The number of carbonyl (C=O) groups is 2. The number of aromatic nitrogens is 1. The van der Waals surface area contributed by atoms with E-state index in [-0.39, 0.29) is 17.7 Å². The SMILES string of the molecule is CC(=O)N1CC2=C(C1=O)[C@@H](c1cc(F)c(F)c(F)c1)c1cn(C)c3cccc(c13)N2. The van der Waals surface area contributed by atoms with E-state index in [4.69, 9.17) is 0 Å². The number of aryl methyl sites for hydroxylation is 1. The predicted octanol–water partition coefficient (Wildman–Crippen LogP) is 3.80. The monoisotopic (exact) mass is 411 g/mol. The minimum absolute atomic E-state index is 0.0267. The van der Waals surface area contributed by atoms with Crippen LogP contribution in [0.5, 0.6) is 0 Å². The summed E-state index contributed by atoms with van der Waals surface area (Å²) in [5.74, 6) is -6.08. The fourth-order valence-corrected chi connectivity index (χ4v) is 4.46. The zero-order valence-corrected chi connectivity index (χ0v) is 16.1. The highest BCUT2D eigenvalue weighted by Gasteiger charge is 2.42. The fraction of sp³-hybridized carbons (Fsp3) is 0.182. The largest absolute Gasteiger partial charge is 0.356 e. The summed E-state index contributed by atoms with van der Waals surface area (Å²) in [6.07, 6.45) is 1.79. The third kappa shape index (κ3) is 2.43. The smallest absolute Gasteiger partial charge is 0.259 e. The molecule has 3 heterocycles. The van der Waals surface area contributed by atoms with Crippen LogP contribution in [-0.4, -0.2) is 27.8 Å². The van der Waals surface area contributed by atoms with Crippen LogP contribution in [0.3, 0.4) is 0 Å². The van der Waals surface area contributed by atoms with Crippen molar-refractivity contribution in [3.63, 3.8) is 0 Å². The Balaban J connectivity index is 1.84. The second-order valence-electron chi connectivity index (χ2n) is 7.55. The van der Waals surface area contributed by atoms with E-state index in [2.05, 4.69) is 5.32 Å². The van der Waals surface area contributed by atoms with Crippen molar-refractivity contribution in [2.24, 2.45) is 7.05 Å². The standard InChI is InChI=1S/C22H16F3N3O2/c1-10(29)28-9-16-20(22(28)30)18(11-6-13(23)21(25)14(24)7-11)12-8-27(2)17-5-3-4-15(26-16)19(12)17/h3-8,18,26H,9H2,1-2H3/t18-/m0/s1. The Morgan fingerprint density at radius 2 is 1.87 bits per heavy atom. The molecule has 0 spiro atoms. The maximum Gasteiger partial charge on any atom is 0.259 e. The van der Waals surface area contributed by atoms with Gasteiger partial charge in [0.25, 0.3) is 5.91 Å². The summed E-state index contributed by atoms with van der Waals surface area (Å²) in [4.78, 5) is 26.2. The van der Waals surface area contributed by atoms with Crippen molar-refractivity contribution in [3.8, 4) is 0 Å². The van der Waals surface area contributed by atoms with Crippen molar-refractivity contribution in [1.29, 1.82) is 0 Å². The molecule has 3 aromatic rings. The number of halogens is 3. The molecule has 0 fully saturated rings. The first-order valence-electron chi connectivity index (χ1n) is 9.32. The quantitative estimate of drug-likeness (QED) is 0.620. The number of nitrogens with one attached hydrogen (secondary N) is 1. The van der Waals surface area contributed by atoms with Crippen molar-refractivity contribution in [1.82, 2.24) is 9.47 Å². The topological polar surface area (TPSA) is 54.3 Å². The van der Waals surface area contributed by atoms with Gasteiger partial charge in [0.2, 0.25) is 5.91 Å². The Hall–Kier alpha value is -3.55. The lowest BCUT2D eigenvalue weighted by atomic mass is 9.84. The molecule has 8 heteroatoms. The van der Waals surface area contributed by atoms with Crippen molar-refractivity contribution in [2.45, 2.75) is 12.8 Å². The number of hydrogen-bond donors (Lipinski definition) is 1. The van der Waals surface area contributed by atoms with Gasteiger partial charge in [-0.2, -0.15) is 0 Å². The van der Waals surface area contributed by atoms with Gasteiger partial charge in [-0.05, 0) is 35.4 Å². The van der Waals surface area contributed by atoms with E-state index < -0.39 is 35.2 Å². The van der Waals surface area contributed by atoms with Gasteiger partial charge in [-0.15, -0.1) is 0 Å². The normalized spacial score (nSPS) is 18.0. The van der Waals surface area contributed by atoms with Gasteiger partial charge in [-0.25, -0.2) is 13.2 Å². The maximum absolute atomic E-state index is 14.1. The number of rotatable bonds is 1. The molecule has 1 aromatic heterocycles. The molecule has 2 aliphatic heterocycles. The average molecular weight is 411 g/mol. The Kier molecular flexibility index (Phi) is 3.83. The van der Waals surface area contributed by atoms with E-state index in [1.165, 1.54) is 6.92 Å². The summed E-state index contributed by atoms with van der Waals surface area (Å²) in [7, 11) is 1.83. The fourth-order valence-electron chi connectivity index (χ4n) is 4.46. The van der Waals surface area contributed by atoms with Gasteiger partial charge in [0.05, 0.1) is 17.6 Å². The van der Waals surface area contributed by atoms with Gasteiger partial charge < -0.3 is 9.88 Å². The summed E-state index contributed by atoms with van der Waals surface area (Å²) < 4.78 is 43.8. The molecule has 1 atom stereocenters. The first kappa shape index (κ1) is 18.5. The lowest BCUT2D eigenvalue weighted by Crippen LogP contribution is -2.33. The molecule has 30 heavy (non-hydrogen) atoms. The van der Waals surface area contributed by atoms with Gasteiger partial charge in [0, 0.05) is 42.9 Å². The van der Waals surface area contributed by atoms with E-state index in [1.807, 2.05) is 29.8 Å². The van der Waals surface area contributed by atoms with Crippen molar-refractivity contribution in [2.75, 3.05) is 11.9 Å². The Morgan fingerprint density at radius 3 is 2.53 bits per heavy atom. The molecule has 2 amide bonds. The summed E-state index contributed by atoms with van der Waals surface area (Å²) in [6.45, 7) is 1.31. The molecular weight excluding hydrogens is 395 g/mol. The molecule has 2 aromatic carbocycles. The number of imide groups is 1. The zero-order valence-electron chi connectivity index (χ0n) is 16.1. The Labute approximate surface area is 169 Å². The van der Waals surface area contributed by atoms with Gasteiger partial charge in [-0.1, -0.05) is 6.07 Å². The van der Waals surface area contributed by atoms with Crippen LogP contribution in [0.1, 0.15) is 24.0 Å². The highest BCUT2D eigenvalue weighted by Crippen LogP contribution is 2.46. The summed E-state index contributed by atoms with van der Waals surface area (Å²) in [5, 5.41) is 4.04. The molecule has 0 aliphatic carbocycles. The number of hydrogen-bond acceptors (Lipinski definition) is 3. The molecule has 1 N–H and O–H groups in total. The Bertz CT molecular complexity index is 1290. The van der Waals surface area contributed by atoms with E-state index in [1.54, 1.807) is 6.20 Å². The van der Waals surface area contributed by atoms with Gasteiger partial charge in [0.1, 0.15) is 0 Å². The predicted molar refractivity (Wildman–Crippen MR) is 104 cm³/mol. The first-order valence-corrected chi connectivity index (χ1v) is 9.32. The van der Waals surface area contributed by atoms with Gasteiger partial charge >= 0.3 is 0 Å². The van der Waals surface area contributed by atoms with Crippen LogP contribution in [-0.2, 0) is 16.6 Å². The van der Waals surface area contributed by atoms with Crippen LogP contribution in [0, 0.1) is 17.5 Å². The van der Waals surface area contributed by atoms with Crippen LogP contribution in [0.25, 0.3) is 10.9 Å². The first-order chi connectivity index (χ1) is 14.3. The molecule has 5 nitrogen and oxygen atoms in total. The molecule has 5 rings (SSSR count). The van der Waals surface area contributed by atoms with Crippen LogP contribution >= 0.6 is 0 Å². The van der Waals surface area contributed by atoms with Crippen molar-refractivity contribution < 1.29 is 22.8 Å². The highest BCUT2D eigenvalue weighted by atomic mass is 19.2. The maximum atomic E-state index is 14.1. The zero-order chi connectivity index (χ0) is 21.3. The second kappa shape index (κ2) is 6.22. The molecule has 0 unspecified atom stereocenters. The molecule has 2 aliphatic rings. The molecule has 152 valence electrons. The number of benzene rings is 2. The summed E-state index contributed by atoms with van der Waals surface area (Å²) in [6, 6.07) is 7.40. The van der Waals surface area contributed by atoms with Crippen LogP contribution < -0.4 is 5.32 Å². The molecular formula is C22H16F3N3O2. The minimum Gasteiger partial charge on any atom is -0.356 e. The molecule has 0 bridgehead atoms. The van der Waals surface area contributed by atoms with Crippen molar-refractivity contribution in [3.05, 3.63) is 76.4 Å². The average Bonchev–Trinajstić information content (AvgIpc) is 3.14. The van der Waals surface area contributed by atoms with E-state index in [0.717, 1.165) is 33.6 Å². The number of amides is 2.